The Morgan fingerprint density at radius 1 is 1.80 bits per heavy atom. The Morgan fingerprint density at radius 3 is 3.00 bits per heavy atom. The van der Waals surface area contributed by atoms with Crippen molar-refractivity contribution in [2.45, 2.75) is 6.42 Å². The molecule has 0 aromatic carbocycles. The third kappa shape index (κ3) is 3.75. The maximum Gasteiger partial charge on any atom is 0.274 e. The number of hydrogen-bond acceptors (Lipinski definition) is 5. The monoisotopic (exact) mass is 215 g/mol. The van der Waals surface area contributed by atoms with Gasteiger partial charge in [0.25, 0.3) is 6.20 Å². The first-order valence-corrected chi connectivity index (χ1v) is 4.95. The van der Waals surface area contributed by atoms with Gasteiger partial charge in [-0.25, -0.2) is 0 Å². The maximum atomic E-state index is 10.3. The lowest BCUT2D eigenvalue weighted by Crippen LogP contribution is -2.31. The summed E-state index contributed by atoms with van der Waals surface area (Å²) in [5, 5.41) is 13.2. The molecular weight excluding hydrogens is 198 g/mol. The van der Waals surface area contributed by atoms with E-state index in [2.05, 4.69) is 5.32 Å². The molecule has 1 N–H and O–H groups in total. The van der Waals surface area contributed by atoms with E-state index in [1.54, 1.807) is 7.05 Å². The Balaban J connectivity index is 2.48. The largest absolute Gasteiger partial charge is 0.381 e. The van der Waals surface area contributed by atoms with Gasteiger partial charge in [0.05, 0.1) is 11.5 Å². The van der Waals surface area contributed by atoms with Crippen LogP contribution in [0.15, 0.2) is 12.0 Å². The third-order valence-corrected chi connectivity index (χ3v) is 2.45. The van der Waals surface area contributed by atoms with Crippen molar-refractivity contribution in [3.63, 3.8) is 0 Å². The molecule has 6 heteroatoms. The topological polar surface area (TPSA) is 67.6 Å². The molecule has 1 fully saturated rings. The summed E-state index contributed by atoms with van der Waals surface area (Å²) in [5.74, 6) is 0.991. The van der Waals surface area contributed by atoms with E-state index >= 15 is 0 Å². The van der Waals surface area contributed by atoms with E-state index in [1.165, 1.54) is 0 Å². The van der Waals surface area contributed by atoms with Crippen molar-refractivity contribution in [2.24, 2.45) is 5.92 Å². The van der Waals surface area contributed by atoms with E-state index in [1.807, 2.05) is 11.9 Å². The predicted molar refractivity (Wildman–Crippen MR) is 55.7 cm³/mol. The summed E-state index contributed by atoms with van der Waals surface area (Å²) in [6, 6.07) is 0. The molecule has 1 rings (SSSR count). The van der Waals surface area contributed by atoms with Crippen LogP contribution in [0, 0.1) is 16.0 Å². The zero-order chi connectivity index (χ0) is 11.3. The van der Waals surface area contributed by atoms with Crippen LogP contribution in [0.4, 0.5) is 0 Å². The zero-order valence-corrected chi connectivity index (χ0v) is 9.10. The van der Waals surface area contributed by atoms with E-state index in [9.17, 15) is 10.1 Å². The van der Waals surface area contributed by atoms with Crippen molar-refractivity contribution in [3.05, 3.63) is 22.1 Å². The molecule has 0 bridgehead atoms. The minimum Gasteiger partial charge on any atom is -0.381 e. The number of rotatable bonds is 5. The van der Waals surface area contributed by atoms with Gasteiger partial charge in [0.15, 0.2) is 5.82 Å². The second kappa shape index (κ2) is 5.55. The first-order valence-electron chi connectivity index (χ1n) is 4.95. The SMILES string of the molecule is CNC(=C[N+](=O)[O-])N(C)CC1CCOC1. The van der Waals surface area contributed by atoms with Crippen LogP contribution in [0.2, 0.25) is 0 Å². The second-order valence-electron chi connectivity index (χ2n) is 3.66. The summed E-state index contributed by atoms with van der Waals surface area (Å²) in [5.41, 5.74) is 0. The Labute approximate surface area is 89.0 Å². The molecular formula is C9H17N3O3. The van der Waals surface area contributed by atoms with Gasteiger partial charge in [0.2, 0.25) is 0 Å². The van der Waals surface area contributed by atoms with E-state index in [0.717, 1.165) is 32.4 Å². The van der Waals surface area contributed by atoms with E-state index in [4.69, 9.17) is 4.74 Å². The van der Waals surface area contributed by atoms with Crippen molar-refractivity contribution in [1.29, 1.82) is 0 Å². The van der Waals surface area contributed by atoms with Crippen LogP contribution in [0.3, 0.4) is 0 Å². The Kier molecular flexibility index (Phi) is 4.36. The van der Waals surface area contributed by atoms with Gasteiger partial charge in [-0.2, -0.15) is 0 Å². The maximum absolute atomic E-state index is 10.3. The number of nitro groups is 1. The Morgan fingerprint density at radius 2 is 2.53 bits per heavy atom. The molecule has 1 heterocycles. The lowest BCUT2D eigenvalue weighted by Gasteiger charge is -2.22. The molecule has 1 aliphatic heterocycles. The van der Waals surface area contributed by atoms with Crippen LogP contribution >= 0.6 is 0 Å². The molecule has 0 spiro atoms. The highest BCUT2D eigenvalue weighted by Gasteiger charge is 2.19. The van der Waals surface area contributed by atoms with Crippen LogP contribution in [0.25, 0.3) is 0 Å². The average Bonchev–Trinajstić information content (AvgIpc) is 2.66. The summed E-state index contributed by atoms with van der Waals surface area (Å²) >= 11 is 0. The van der Waals surface area contributed by atoms with Gasteiger partial charge in [-0.15, -0.1) is 0 Å². The van der Waals surface area contributed by atoms with Crippen molar-refractivity contribution >= 4 is 0 Å². The van der Waals surface area contributed by atoms with Gasteiger partial charge < -0.3 is 15.0 Å². The highest BCUT2D eigenvalue weighted by molar-refractivity contribution is 4.92. The van der Waals surface area contributed by atoms with Crippen molar-refractivity contribution in [2.75, 3.05) is 33.9 Å². The van der Waals surface area contributed by atoms with E-state index in [0.29, 0.717) is 11.7 Å². The molecule has 1 atom stereocenters. The van der Waals surface area contributed by atoms with E-state index in [-0.39, 0.29) is 0 Å². The minimum atomic E-state index is -0.451. The fraction of sp³-hybridized carbons (Fsp3) is 0.778. The molecule has 15 heavy (non-hydrogen) atoms. The van der Waals surface area contributed by atoms with Gasteiger partial charge in [0, 0.05) is 33.2 Å². The van der Waals surface area contributed by atoms with Crippen molar-refractivity contribution in [3.8, 4) is 0 Å². The summed E-state index contributed by atoms with van der Waals surface area (Å²) in [7, 11) is 3.52. The normalized spacial score (nSPS) is 21.5. The number of nitrogens with one attached hydrogen (secondary N) is 1. The number of hydrogen-bond donors (Lipinski definition) is 1. The molecule has 86 valence electrons. The summed E-state index contributed by atoms with van der Waals surface area (Å²) in [4.78, 5) is 11.7. The van der Waals surface area contributed by atoms with Crippen molar-refractivity contribution in [1.82, 2.24) is 10.2 Å². The van der Waals surface area contributed by atoms with E-state index < -0.39 is 4.92 Å². The highest BCUT2D eigenvalue weighted by Crippen LogP contribution is 2.14. The second-order valence-corrected chi connectivity index (χ2v) is 3.66. The number of ether oxygens (including phenoxy) is 1. The summed E-state index contributed by atoms with van der Waals surface area (Å²) in [6.45, 7) is 2.33. The molecule has 0 radical (unpaired) electrons. The summed E-state index contributed by atoms with van der Waals surface area (Å²) < 4.78 is 5.25. The quantitative estimate of drug-likeness (QED) is 0.526. The van der Waals surface area contributed by atoms with Gasteiger partial charge in [-0.1, -0.05) is 0 Å². The highest BCUT2D eigenvalue weighted by atomic mass is 16.6. The first-order chi connectivity index (χ1) is 7.13. The van der Waals surface area contributed by atoms with Gasteiger partial charge in [-0.05, 0) is 6.42 Å². The van der Waals surface area contributed by atoms with Crippen molar-refractivity contribution < 1.29 is 9.66 Å². The molecule has 0 aromatic rings. The Bertz CT molecular complexity index is 249. The van der Waals surface area contributed by atoms with Gasteiger partial charge in [0.1, 0.15) is 0 Å². The lowest BCUT2D eigenvalue weighted by molar-refractivity contribution is -0.404. The van der Waals surface area contributed by atoms with Gasteiger partial charge >= 0.3 is 0 Å². The number of nitrogens with zero attached hydrogens (tertiary/aromatic N) is 2. The fourth-order valence-corrected chi connectivity index (χ4v) is 1.67. The molecule has 0 aromatic heterocycles. The molecule has 1 aliphatic rings. The average molecular weight is 215 g/mol. The van der Waals surface area contributed by atoms with Crippen LogP contribution < -0.4 is 5.32 Å². The molecule has 0 amide bonds. The van der Waals surface area contributed by atoms with Crippen LogP contribution in [-0.4, -0.2) is 43.7 Å². The molecule has 0 aliphatic carbocycles. The van der Waals surface area contributed by atoms with Gasteiger partial charge in [-0.3, -0.25) is 10.1 Å². The molecule has 6 nitrogen and oxygen atoms in total. The Hall–Kier alpha value is -1.30. The lowest BCUT2D eigenvalue weighted by atomic mass is 10.1. The standard InChI is InChI=1S/C9H17N3O3/c1-10-9(6-12(13)14)11(2)5-8-3-4-15-7-8/h6,8,10H,3-5,7H2,1-2H3. The zero-order valence-electron chi connectivity index (χ0n) is 9.10. The molecule has 1 unspecified atom stereocenters. The first kappa shape index (κ1) is 11.8. The predicted octanol–water partition coefficient (Wildman–Crippen LogP) is 0.250. The third-order valence-electron chi connectivity index (χ3n) is 2.45. The molecule has 1 saturated heterocycles. The van der Waals surface area contributed by atoms with Crippen LogP contribution in [0.5, 0.6) is 0 Å². The minimum absolute atomic E-state index is 0.451. The van der Waals surface area contributed by atoms with Crippen LogP contribution in [-0.2, 0) is 4.74 Å². The summed E-state index contributed by atoms with van der Waals surface area (Å²) in [6.07, 6.45) is 2.01. The van der Waals surface area contributed by atoms with Crippen LogP contribution in [0.1, 0.15) is 6.42 Å². The fourth-order valence-electron chi connectivity index (χ4n) is 1.67. The smallest absolute Gasteiger partial charge is 0.274 e. The molecule has 0 saturated carbocycles.